The highest BCUT2D eigenvalue weighted by atomic mass is 16.5. The molecule has 2 rings (SSSR count). The molecule has 0 spiro atoms. The molecule has 0 saturated heterocycles. The lowest BCUT2D eigenvalue weighted by Crippen LogP contribution is -2.01. The van der Waals surface area contributed by atoms with E-state index in [0.29, 0.717) is 5.56 Å². The molecular weight excluding hydrogens is 230 g/mol. The molecule has 0 amide bonds. The molecule has 0 aliphatic rings. The Morgan fingerprint density at radius 3 is 2.78 bits per heavy atom. The van der Waals surface area contributed by atoms with E-state index in [-0.39, 0.29) is 6.61 Å². The maximum absolute atomic E-state index is 11.3. The van der Waals surface area contributed by atoms with Gasteiger partial charge < -0.3 is 9.84 Å². The number of hydrogen-bond donors (Lipinski definition) is 1. The molecule has 0 aliphatic carbocycles. The van der Waals surface area contributed by atoms with Crippen LogP contribution in [-0.2, 0) is 11.3 Å². The lowest BCUT2D eigenvalue weighted by molar-refractivity contribution is 0.0600. The zero-order valence-electron chi connectivity index (χ0n) is 9.96. The third-order valence-electron chi connectivity index (χ3n) is 2.59. The Hall–Kier alpha value is -2.20. The molecule has 1 aromatic carbocycles. The number of carbonyl (C=O) groups excluding carboxylic acids is 1. The quantitative estimate of drug-likeness (QED) is 0.838. The third kappa shape index (κ3) is 2.55. The first-order valence-corrected chi connectivity index (χ1v) is 5.49. The van der Waals surface area contributed by atoms with Gasteiger partial charge >= 0.3 is 5.97 Å². The van der Waals surface area contributed by atoms with Crippen molar-refractivity contribution in [3.8, 4) is 11.3 Å². The second-order valence-electron chi connectivity index (χ2n) is 3.78. The molecule has 0 radical (unpaired) electrons. The van der Waals surface area contributed by atoms with E-state index >= 15 is 0 Å². The van der Waals surface area contributed by atoms with Gasteiger partial charge in [-0.05, 0) is 23.8 Å². The van der Waals surface area contributed by atoms with Crippen molar-refractivity contribution in [1.82, 2.24) is 4.98 Å². The molecule has 1 heterocycles. The summed E-state index contributed by atoms with van der Waals surface area (Å²) in [5.41, 5.74) is 2.89. The van der Waals surface area contributed by atoms with E-state index in [1.807, 2.05) is 24.3 Å². The molecule has 2 aromatic rings. The summed E-state index contributed by atoms with van der Waals surface area (Å²) in [6, 6.07) is 10.9. The highest BCUT2D eigenvalue weighted by Crippen LogP contribution is 2.18. The summed E-state index contributed by atoms with van der Waals surface area (Å²) in [6.07, 6.45) is 1.48. The number of carbonyl (C=O) groups is 1. The van der Waals surface area contributed by atoms with Crippen molar-refractivity contribution in [2.24, 2.45) is 0 Å². The van der Waals surface area contributed by atoms with Gasteiger partial charge in [0.15, 0.2) is 0 Å². The van der Waals surface area contributed by atoms with Gasteiger partial charge in [-0.1, -0.05) is 18.2 Å². The molecule has 1 N–H and O–H groups in total. The first-order chi connectivity index (χ1) is 8.74. The summed E-state index contributed by atoms with van der Waals surface area (Å²) < 4.78 is 4.61. The number of aliphatic hydroxyl groups excluding tert-OH is 1. The van der Waals surface area contributed by atoms with Gasteiger partial charge in [0, 0.05) is 11.8 Å². The van der Waals surface area contributed by atoms with E-state index in [2.05, 4.69) is 9.72 Å². The van der Waals surface area contributed by atoms with Crippen LogP contribution in [0.15, 0.2) is 42.6 Å². The van der Waals surface area contributed by atoms with Crippen molar-refractivity contribution in [3.63, 3.8) is 0 Å². The van der Waals surface area contributed by atoms with Gasteiger partial charge in [0.2, 0.25) is 0 Å². The van der Waals surface area contributed by atoms with Crippen LogP contribution in [-0.4, -0.2) is 23.2 Å². The largest absolute Gasteiger partial charge is 0.465 e. The van der Waals surface area contributed by atoms with Crippen LogP contribution in [0.3, 0.4) is 0 Å². The van der Waals surface area contributed by atoms with Gasteiger partial charge in [-0.25, -0.2) is 4.79 Å². The van der Waals surface area contributed by atoms with E-state index < -0.39 is 5.97 Å². The van der Waals surface area contributed by atoms with Crippen LogP contribution >= 0.6 is 0 Å². The first kappa shape index (κ1) is 12.3. The van der Waals surface area contributed by atoms with Gasteiger partial charge in [-0.3, -0.25) is 4.98 Å². The summed E-state index contributed by atoms with van der Waals surface area (Å²) in [6.45, 7) is -0.00587. The molecular formula is C14H13NO3. The number of pyridine rings is 1. The zero-order valence-corrected chi connectivity index (χ0v) is 9.96. The Bertz CT molecular complexity index is 549. The van der Waals surface area contributed by atoms with E-state index in [1.54, 1.807) is 12.1 Å². The number of hydrogen-bond acceptors (Lipinski definition) is 4. The molecule has 0 unspecified atom stereocenters. The van der Waals surface area contributed by atoms with Crippen LogP contribution in [0.1, 0.15) is 15.9 Å². The monoisotopic (exact) mass is 243 g/mol. The maximum Gasteiger partial charge on any atom is 0.339 e. The lowest BCUT2D eigenvalue weighted by atomic mass is 10.1. The minimum absolute atomic E-state index is 0.00587. The van der Waals surface area contributed by atoms with Crippen LogP contribution in [0.25, 0.3) is 11.3 Å². The number of benzene rings is 1. The van der Waals surface area contributed by atoms with Crippen LogP contribution in [0.2, 0.25) is 0 Å². The average molecular weight is 243 g/mol. The Morgan fingerprint density at radius 2 is 2.17 bits per heavy atom. The van der Waals surface area contributed by atoms with E-state index in [1.165, 1.54) is 13.3 Å². The minimum Gasteiger partial charge on any atom is -0.465 e. The van der Waals surface area contributed by atoms with E-state index in [9.17, 15) is 4.79 Å². The summed E-state index contributed by atoms with van der Waals surface area (Å²) in [5.74, 6) is -0.404. The Balaban J connectivity index is 2.31. The minimum atomic E-state index is -0.404. The predicted molar refractivity (Wildman–Crippen MR) is 66.9 cm³/mol. The third-order valence-corrected chi connectivity index (χ3v) is 2.59. The van der Waals surface area contributed by atoms with Crippen LogP contribution < -0.4 is 0 Å². The van der Waals surface area contributed by atoms with E-state index in [4.69, 9.17) is 5.11 Å². The number of ether oxygens (including phenoxy) is 1. The highest BCUT2D eigenvalue weighted by molar-refractivity contribution is 5.89. The van der Waals surface area contributed by atoms with Crippen molar-refractivity contribution in [2.75, 3.05) is 7.11 Å². The summed E-state index contributed by atoms with van der Waals surface area (Å²) in [4.78, 5) is 15.5. The Kier molecular flexibility index (Phi) is 3.69. The van der Waals surface area contributed by atoms with Crippen molar-refractivity contribution in [2.45, 2.75) is 6.61 Å². The maximum atomic E-state index is 11.3. The number of esters is 1. The van der Waals surface area contributed by atoms with Gasteiger partial charge in [0.05, 0.1) is 25.0 Å². The molecule has 4 nitrogen and oxygen atoms in total. The van der Waals surface area contributed by atoms with Crippen molar-refractivity contribution in [1.29, 1.82) is 0 Å². The van der Waals surface area contributed by atoms with Gasteiger partial charge in [-0.15, -0.1) is 0 Å². The van der Waals surface area contributed by atoms with Crippen molar-refractivity contribution >= 4 is 5.97 Å². The number of aromatic nitrogens is 1. The summed E-state index contributed by atoms with van der Waals surface area (Å²) in [7, 11) is 1.33. The van der Waals surface area contributed by atoms with Gasteiger partial charge in [0.25, 0.3) is 0 Å². The standard InChI is InChI=1S/C14H13NO3/c1-18-14(17)12-5-6-13(15-8-12)11-4-2-3-10(7-11)9-16/h2-8,16H,9H2,1H3. The smallest absolute Gasteiger partial charge is 0.339 e. The number of methoxy groups -OCH3 is 1. The first-order valence-electron chi connectivity index (χ1n) is 5.49. The number of aliphatic hydroxyl groups is 1. The fourth-order valence-corrected chi connectivity index (χ4v) is 1.63. The summed E-state index contributed by atoms with van der Waals surface area (Å²) >= 11 is 0. The highest BCUT2D eigenvalue weighted by Gasteiger charge is 2.06. The second kappa shape index (κ2) is 5.42. The number of nitrogens with zero attached hydrogens (tertiary/aromatic N) is 1. The number of rotatable bonds is 3. The molecule has 0 fully saturated rings. The molecule has 0 atom stereocenters. The Morgan fingerprint density at radius 1 is 1.33 bits per heavy atom. The van der Waals surface area contributed by atoms with Gasteiger partial charge in [-0.2, -0.15) is 0 Å². The molecule has 18 heavy (non-hydrogen) atoms. The van der Waals surface area contributed by atoms with Crippen molar-refractivity contribution < 1.29 is 14.6 Å². The van der Waals surface area contributed by atoms with Crippen molar-refractivity contribution in [3.05, 3.63) is 53.7 Å². The Labute approximate surface area is 105 Å². The normalized spacial score (nSPS) is 10.1. The van der Waals surface area contributed by atoms with Gasteiger partial charge in [0.1, 0.15) is 0 Å². The summed E-state index contributed by atoms with van der Waals surface area (Å²) in [5, 5.41) is 9.08. The molecule has 92 valence electrons. The molecule has 0 bridgehead atoms. The average Bonchev–Trinajstić information content (AvgIpc) is 2.46. The SMILES string of the molecule is COC(=O)c1ccc(-c2cccc(CO)c2)nc1. The van der Waals surface area contributed by atoms with Crippen LogP contribution in [0.5, 0.6) is 0 Å². The van der Waals surface area contributed by atoms with Crippen LogP contribution in [0, 0.1) is 0 Å². The molecule has 4 heteroatoms. The molecule has 0 aliphatic heterocycles. The second-order valence-corrected chi connectivity index (χ2v) is 3.78. The lowest BCUT2D eigenvalue weighted by Gasteiger charge is -2.04. The topological polar surface area (TPSA) is 59.4 Å². The fraction of sp³-hybridized carbons (Fsp3) is 0.143. The fourth-order valence-electron chi connectivity index (χ4n) is 1.63. The van der Waals surface area contributed by atoms with Crippen LogP contribution in [0.4, 0.5) is 0 Å². The zero-order chi connectivity index (χ0) is 13.0. The molecule has 1 aromatic heterocycles. The molecule has 0 saturated carbocycles. The predicted octanol–water partition coefficient (Wildman–Crippen LogP) is 2.03. The van der Waals surface area contributed by atoms with E-state index in [0.717, 1.165) is 16.8 Å².